The predicted molar refractivity (Wildman–Crippen MR) is 73.7 cm³/mol. The molecule has 0 bridgehead atoms. The number of carbonyl (C=O) groups excluding carboxylic acids is 2. The Balaban J connectivity index is 0. The molecule has 0 radical (unpaired) electrons. The van der Waals surface area contributed by atoms with Crippen LogP contribution in [-0.2, 0) is 23.9 Å². The number of carboxylic acids is 1. The van der Waals surface area contributed by atoms with E-state index >= 15 is 0 Å². The summed E-state index contributed by atoms with van der Waals surface area (Å²) < 4.78 is 9.13. The second-order valence-corrected chi connectivity index (χ2v) is 3.61. The van der Waals surface area contributed by atoms with Crippen LogP contribution in [0.25, 0.3) is 0 Å². The minimum Gasteiger partial charge on any atom is -0.478 e. The molecule has 0 saturated heterocycles. The van der Waals surface area contributed by atoms with Gasteiger partial charge in [-0.25, -0.2) is 14.4 Å². The molecular weight excluding hydrogens is 264 g/mol. The second-order valence-electron chi connectivity index (χ2n) is 3.61. The highest BCUT2D eigenvalue weighted by Crippen LogP contribution is 2.07. The van der Waals surface area contributed by atoms with Crippen LogP contribution in [-0.4, -0.2) is 29.6 Å². The van der Waals surface area contributed by atoms with Crippen molar-refractivity contribution in [3.05, 3.63) is 36.1 Å². The van der Waals surface area contributed by atoms with Crippen LogP contribution in [0.15, 0.2) is 36.1 Å². The molecule has 112 valence electrons. The van der Waals surface area contributed by atoms with E-state index in [1.807, 2.05) is 0 Å². The Labute approximate surface area is 118 Å². The lowest BCUT2D eigenvalue weighted by atomic mass is 10.2. The van der Waals surface area contributed by atoms with Gasteiger partial charge in [-0.15, -0.1) is 0 Å². The molecular formula is C14H20O6. The van der Waals surface area contributed by atoms with Gasteiger partial charge in [-0.05, 0) is 27.7 Å². The van der Waals surface area contributed by atoms with Crippen molar-refractivity contribution in [2.45, 2.75) is 27.7 Å². The number of ether oxygens (including phenoxy) is 2. The van der Waals surface area contributed by atoms with Gasteiger partial charge in [0.25, 0.3) is 0 Å². The summed E-state index contributed by atoms with van der Waals surface area (Å²) in [6.45, 7) is 13.0. The first-order valence-electron chi connectivity index (χ1n) is 5.74. The number of aliphatic carboxylic acids is 1. The molecule has 6 nitrogen and oxygen atoms in total. The maximum absolute atomic E-state index is 10.9. The summed E-state index contributed by atoms with van der Waals surface area (Å²) in [6, 6.07) is 0. The van der Waals surface area contributed by atoms with Crippen molar-refractivity contribution in [1.29, 1.82) is 0 Å². The first-order valence-corrected chi connectivity index (χ1v) is 5.74. The third kappa shape index (κ3) is 9.64. The van der Waals surface area contributed by atoms with E-state index in [1.165, 1.54) is 20.8 Å². The third-order valence-electron chi connectivity index (χ3n) is 1.90. The van der Waals surface area contributed by atoms with Gasteiger partial charge in [0, 0.05) is 11.6 Å². The maximum Gasteiger partial charge on any atom is 0.338 e. The fourth-order valence-corrected chi connectivity index (χ4v) is 0.654. The molecule has 0 heterocycles. The fraction of sp³-hybridized carbons (Fsp3) is 0.357. The molecule has 0 amide bonds. The minimum atomic E-state index is -1.10. The molecule has 0 aliphatic heterocycles. The molecule has 0 spiro atoms. The van der Waals surface area contributed by atoms with Crippen LogP contribution in [0.3, 0.4) is 0 Å². The van der Waals surface area contributed by atoms with Crippen molar-refractivity contribution in [2.75, 3.05) is 6.61 Å². The van der Waals surface area contributed by atoms with E-state index in [0.717, 1.165) is 6.08 Å². The summed E-state index contributed by atoms with van der Waals surface area (Å²) in [4.78, 5) is 31.4. The van der Waals surface area contributed by atoms with Gasteiger partial charge in [0.1, 0.15) is 5.76 Å². The minimum absolute atomic E-state index is 0.00889. The van der Waals surface area contributed by atoms with Gasteiger partial charge in [-0.1, -0.05) is 13.2 Å². The highest BCUT2D eigenvalue weighted by Gasteiger charge is 2.10. The molecule has 0 rings (SSSR count). The van der Waals surface area contributed by atoms with Crippen molar-refractivity contribution >= 4 is 17.9 Å². The van der Waals surface area contributed by atoms with Crippen molar-refractivity contribution in [2.24, 2.45) is 0 Å². The van der Waals surface area contributed by atoms with E-state index in [2.05, 4.69) is 17.9 Å². The van der Waals surface area contributed by atoms with Crippen molar-refractivity contribution < 1.29 is 29.0 Å². The molecule has 0 aromatic rings. The van der Waals surface area contributed by atoms with E-state index in [1.54, 1.807) is 6.92 Å². The Morgan fingerprint density at radius 3 is 1.95 bits per heavy atom. The molecule has 0 aromatic heterocycles. The van der Waals surface area contributed by atoms with Crippen LogP contribution >= 0.6 is 0 Å². The average molecular weight is 284 g/mol. The van der Waals surface area contributed by atoms with Crippen molar-refractivity contribution in [3.8, 4) is 0 Å². The normalized spacial score (nSPS) is 10.2. The molecule has 20 heavy (non-hydrogen) atoms. The van der Waals surface area contributed by atoms with Crippen LogP contribution in [0.2, 0.25) is 0 Å². The monoisotopic (exact) mass is 284 g/mol. The number of carboxylic acid groups (broad SMARTS) is 1. The number of rotatable bonds is 5. The van der Waals surface area contributed by atoms with Crippen molar-refractivity contribution in [1.82, 2.24) is 0 Å². The summed E-state index contributed by atoms with van der Waals surface area (Å²) in [6.07, 6.45) is 1.14. The Kier molecular flexibility index (Phi) is 10.5. The lowest BCUT2D eigenvalue weighted by molar-refractivity contribution is -0.137. The molecule has 0 saturated carbocycles. The lowest BCUT2D eigenvalue weighted by Crippen LogP contribution is -2.08. The number of esters is 2. The molecule has 6 heteroatoms. The average Bonchev–Trinajstić information content (AvgIpc) is 2.38. The smallest absolute Gasteiger partial charge is 0.338 e. The van der Waals surface area contributed by atoms with Gasteiger partial charge in [0.2, 0.25) is 0 Å². The molecule has 0 aromatic carbocycles. The number of carbonyl (C=O) groups is 3. The first-order chi connectivity index (χ1) is 9.17. The molecule has 0 aliphatic rings. The number of hydrogen-bond acceptors (Lipinski definition) is 5. The molecule has 1 N–H and O–H groups in total. The van der Waals surface area contributed by atoms with Crippen LogP contribution in [0.4, 0.5) is 0 Å². The highest BCUT2D eigenvalue weighted by atomic mass is 16.5. The SMILES string of the molecule is C=C(C)C(=O)OC(C)=C(C)C(=O)O.C=CC(=O)OCC. The van der Waals surface area contributed by atoms with Gasteiger partial charge in [0.15, 0.2) is 0 Å². The number of hydrogen-bond donors (Lipinski definition) is 1. The summed E-state index contributed by atoms with van der Waals surface area (Å²) in [5.74, 6) is -1.99. The topological polar surface area (TPSA) is 89.9 Å². The summed E-state index contributed by atoms with van der Waals surface area (Å²) in [5, 5.41) is 8.53. The van der Waals surface area contributed by atoms with Gasteiger partial charge in [-0.2, -0.15) is 0 Å². The molecule has 0 atom stereocenters. The zero-order valence-electron chi connectivity index (χ0n) is 12.2. The standard InChI is InChI=1S/C9H12O4.C5H8O2/c1-5(2)9(12)13-7(4)6(3)8(10)11;1-3-5(6)7-4-2/h1H2,2-4H3,(H,10,11);3H,1,4H2,2H3. The molecule has 0 unspecified atom stereocenters. The Morgan fingerprint density at radius 2 is 1.70 bits per heavy atom. The van der Waals surface area contributed by atoms with Crippen LogP contribution in [0.5, 0.6) is 0 Å². The number of allylic oxidation sites excluding steroid dienone is 1. The van der Waals surface area contributed by atoms with E-state index < -0.39 is 11.9 Å². The van der Waals surface area contributed by atoms with Crippen molar-refractivity contribution in [3.63, 3.8) is 0 Å². The van der Waals surface area contributed by atoms with Gasteiger partial charge in [-0.3, -0.25) is 0 Å². The van der Waals surface area contributed by atoms with E-state index in [0.29, 0.717) is 6.61 Å². The van der Waals surface area contributed by atoms with Crippen LogP contribution < -0.4 is 0 Å². The summed E-state index contributed by atoms with van der Waals surface area (Å²) >= 11 is 0. The molecule has 0 aliphatic carbocycles. The largest absolute Gasteiger partial charge is 0.478 e. The second kappa shape index (κ2) is 10.5. The summed E-state index contributed by atoms with van der Waals surface area (Å²) in [5.41, 5.74) is 0.243. The van der Waals surface area contributed by atoms with E-state index in [-0.39, 0.29) is 22.9 Å². The maximum atomic E-state index is 10.9. The predicted octanol–water partition coefficient (Wildman–Crippen LogP) is 2.22. The van der Waals surface area contributed by atoms with Crippen LogP contribution in [0.1, 0.15) is 27.7 Å². The first kappa shape index (κ1) is 20.0. The van der Waals surface area contributed by atoms with E-state index in [9.17, 15) is 14.4 Å². The summed E-state index contributed by atoms with van der Waals surface area (Å²) in [7, 11) is 0. The quantitative estimate of drug-likeness (QED) is 0.473. The molecule has 0 fully saturated rings. The zero-order chi connectivity index (χ0) is 16.3. The lowest BCUT2D eigenvalue weighted by Gasteiger charge is -2.05. The van der Waals surface area contributed by atoms with Crippen LogP contribution in [0, 0.1) is 0 Å². The highest BCUT2D eigenvalue weighted by molar-refractivity contribution is 5.90. The van der Waals surface area contributed by atoms with Gasteiger partial charge < -0.3 is 14.6 Å². The fourth-order valence-electron chi connectivity index (χ4n) is 0.654. The Morgan fingerprint density at radius 1 is 1.20 bits per heavy atom. The van der Waals surface area contributed by atoms with Gasteiger partial charge >= 0.3 is 17.9 Å². The third-order valence-corrected chi connectivity index (χ3v) is 1.90. The van der Waals surface area contributed by atoms with E-state index in [4.69, 9.17) is 9.84 Å². The Hall–Kier alpha value is -2.37. The zero-order valence-corrected chi connectivity index (χ0v) is 12.2. The van der Waals surface area contributed by atoms with Gasteiger partial charge in [0.05, 0.1) is 12.2 Å². The Bertz CT molecular complexity index is 431.